The van der Waals surface area contributed by atoms with E-state index in [9.17, 15) is 0 Å². The van der Waals surface area contributed by atoms with Gasteiger partial charge in [-0.05, 0) is 6.42 Å². The van der Waals surface area contributed by atoms with Crippen molar-refractivity contribution in [3.05, 3.63) is 11.5 Å². The lowest BCUT2D eigenvalue weighted by atomic mass is 10.3. The topological polar surface area (TPSA) is 63.8 Å². The van der Waals surface area contributed by atoms with Crippen LogP contribution < -0.4 is 11.1 Å². The molecule has 1 aromatic heterocycles. The third-order valence-electron chi connectivity index (χ3n) is 1.66. The fourth-order valence-electron chi connectivity index (χ4n) is 0.899. The van der Waals surface area contributed by atoms with Crippen molar-refractivity contribution in [3.63, 3.8) is 0 Å². The molecular weight excluding hydrogens is 188 g/mol. The van der Waals surface area contributed by atoms with Gasteiger partial charge in [-0.15, -0.1) is 0 Å². The van der Waals surface area contributed by atoms with Crippen molar-refractivity contribution in [2.75, 3.05) is 17.6 Å². The molecular formula is C8H13ClN4. The standard InChI is InChI=1S/C8H13ClN4/c1-2-3-4-11-8-6(10)7(9)12-5-13-8/h5H,2-4,10H2,1H3,(H,11,12,13). The number of anilines is 2. The van der Waals surface area contributed by atoms with Crippen LogP contribution in [0.1, 0.15) is 19.8 Å². The second-order valence-electron chi connectivity index (χ2n) is 2.71. The minimum Gasteiger partial charge on any atom is -0.393 e. The Bertz CT molecular complexity index is 277. The first kappa shape index (κ1) is 10.1. The maximum Gasteiger partial charge on any atom is 0.157 e. The van der Waals surface area contributed by atoms with Crippen molar-refractivity contribution in [1.29, 1.82) is 0 Å². The molecule has 1 heterocycles. The van der Waals surface area contributed by atoms with Gasteiger partial charge in [-0.1, -0.05) is 24.9 Å². The Balaban J connectivity index is 2.61. The van der Waals surface area contributed by atoms with Crippen LogP contribution in [-0.2, 0) is 0 Å². The van der Waals surface area contributed by atoms with Crippen molar-refractivity contribution >= 4 is 23.1 Å². The molecule has 5 heteroatoms. The maximum absolute atomic E-state index is 5.71. The Labute approximate surface area is 82.5 Å². The van der Waals surface area contributed by atoms with Gasteiger partial charge in [-0.25, -0.2) is 9.97 Å². The number of aromatic nitrogens is 2. The summed E-state index contributed by atoms with van der Waals surface area (Å²) < 4.78 is 0. The van der Waals surface area contributed by atoms with E-state index in [4.69, 9.17) is 17.3 Å². The van der Waals surface area contributed by atoms with Crippen LogP contribution in [0.3, 0.4) is 0 Å². The van der Waals surface area contributed by atoms with Crippen LogP contribution in [-0.4, -0.2) is 16.5 Å². The lowest BCUT2D eigenvalue weighted by Crippen LogP contribution is -2.06. The number of rotatable bonds is 4. The first-order chi connectivity index (χ1) is 6.25. The molecule has 0 aliphatic rings. The van der Waals surface area contributed by atoms with E-state index in [2.05, 4.69) is 22.2 Å². The fraction of sp³-hybridized carbons (Fsp3) is 0.500. The van der Waals surface area contributed by atoms with Gasteiger partial charge in [0.1, 0.15) is 12.0 Å². The summed E-state index contributed by atoms with van der Waals surface area (Å²) in [6.07, 6.45) is 3.61. The van der Waals surface area contributed by atoms with Crippen LogP contribution in [0.15, 0.2) is 6.33 Å². The van der Waals surface area contributed by atoms with E-state index in [0.717, 1.165) is 19.4 Å². The molecule has 1 aromatic rings. The van der Waals surface area contributed by atoms with Gasteiger partial charge in [0.2, 0.25) is 0 Å². The number of halogens is 1. The SMILES string of the molecule is CCCCNc1ncnc(Cl)c1N. The summed E-state index contributed by atoms with van der Waals surface area (Å²) in [5, 5.41) is 3.39. The van der Waals surface area contributed by atoms with Crippen LogP contribution in [0.4, 0.5) is 11.5 Å². The second kappa shape index (κ2) is 4.87. The highest BCUT2D eigenvalue weighted by molar-refractivity contribution is 6.32. The van der Waals surface area contributed by atoms with Crippen LogP contribution in [0.5, 0.6) is 0 Å². The number of nitrogens with one attached hydrogen (secondary N) is 1. The lowest BCUT2D eigenvalue weighted by molar-refractivity contribution is 0.830. The zero-order chi connectivity index (χ0) is 9.68. The number of hydrogen-bond acceptors (Lipinski definition) is 4. The van der Waals surface area contributed by atoms with Crippen molar-refractivity contribution in [1.82, 2.24) is 9.97 Å². The average Bonchev–Trinajstić information content (AvgIpc) is 2.13. The van der Waals surface area contributed by atoms with E-state index in [1.54, 1.807) is 0 Å². The number of hydrogen-bond donors (Lipinski definition) is 2. The highest BCUT2D eigenvalue weighted by Crippen LogP contribution is 2.21. The van der Waals surface area contributed by atoms with Crippen LogP contribution in [0.25, 0.3) is 0 Å². The summed E-state index contributed by atoms with van der Waals surface area (Å²) in [5.74, 6) is 0.619. The zero-order valence-corrected chi connectivity index (χ0v) is 8.30. The lowest BCUT2D eigenvalue weighted by Gasteiger charge is -2.07. The molecule has 13 heavy (non-hydrogen) atoms. The fourth-order valence-corrected chi connectivity index (χ4v) is 1.03. The summed E-state index contributed by atoms with van der Waals surface area (Å²) in [6.45, 7) is 2.98. The molecule has 0 aromatic carbocycles. The van der Waals surface area contributed by atoms with Crippen molar-refractivity contribution in [2.45, 2.75) is 19.8 Å². The highest BCUT2D eigenvalue weighted by atomic mass is 35.5. The van der Waals surface area contributed by atoms with E-state index >= 15 is 0 Å². The number of unbranched alkanes of at least 4 members (excludes halogenated alkanes) is 1. The smallest absolute Gasteiger partial charge is 0.157 e. The molecule has 0 spiro atoms. The van der Waals surface area contributed by atoms with Gasteiger partial charge in [0.25, 0.3) is 0 Å². The molecule has 72 valence electrons. The third-order valence-corrected chi connectivity index (χ3v) is 1.96. The zero-order valence-electron chi connectivity index (χ0n) is 7.55. The third kappa shape index (κ3) is 2.73. The Hall–Kier alpha value is -1.03. The molecule has 3 N–H and O–H groups in total. The van der Waals surface area contributed by atoms with E-state index in [1.807, 2.05) is 0 Å². The molecule has 0 saturated heterocycles. The number of nitrogens with zero attached hydrogens (tertiary/aromatic N) is 2. The maximum atomic E-state index is 5.71. The Morgan fingerprint density at radius 3 is 3.00 bits per heavy atom. The monoisotopic (exact) mass is 200 g/mol. The summed E-state index contributed by atoms with van der Waals surface area (Å²) in [5.41, 5.74) is 6.06. The minimum atomic E-state index is 0.300. The normalized spacial score (nSPS) is 10.0. The van der Waals surface area contributed by atoms with Crippen LogP contribution in [0.2, 0.25) is 5.15 Å². The van der Waals surface area contributed by atoms with Crippen molar-refractivity contribution < 1.29 is 0 Å². The van der Waals surface area contributed by atoms with Gasteiger partial charge >= 0.3 is 0 Å². The van der Waals surface area contributed by atoms with Crippen LogP contribution >= 0.6 is 11.6 Å². The van der Waals surface area contributed by atoms with Crippen molar-refractivity contribution in [3.8, 4) is 0 Å². The average molecular weight is 201 g/mol. The van der Waals surface area contributed by atoms with Gasteiger partial charge in [0.15, 0.2) is 11.0 Å². The molecule has 0 unspecified atom stereocenters. The Kier molecular flexibility index (Phi) is 3.76. The van der Waals surface area contributed by atoms with Gasteiger partial charge < -0.3 is 11.1 Å². The van der Waals surface area contributed by atoms with E-state index in [1.165, 1.54) is 6.33 Å². The first-order valence-electron chi connectivity index (χ1n) is 4.25. The molecule has 0 aliphatic carbocycles. The predicted molar refractivity (Wildman–Crippen MR) is 54.9 cm³/mol. The van der Waals surface area contributed by atoms with E-state index in [0.29, 0.717) is 16.7 Å². The molecule has 1 rings (SSSR count). The molecule has 0 aliphatic heterocycles. The van der Waals surface area contributed by atoms with Gasteiger partial charge in [0.05, 0.1) is 0 Å². The Morgan fingerprint density at radius 2 is 2.31 bits per heavy atom. The molecule has 0 amide bonds. The second-order valence-corrected chi connectivity index (χ2v) is 3.07. The highest BCUT2D eigenvalue weighted by Gasteiger charge is 2.03. The first-order valence-corrected chi connectivity index (χ1v) is 4.63. The van der Waals surface area contributed by atoms with E-state index in [-0.39, 0.29) is 0 Å². The van der Waals surface area contributed by atoms with E-state index < -0.39 is 0 Å². The van der Waals surface area contributed by atoms with Gasteiger partial charge in [0, 0.05) is 6.54 Å². The number of nitrogens with two attached hydrogens (primary N) is 1. The Morgan fingerprint density at radius 1 is 1.54 bits per heavy atom. The quantitative estimate of drug-likeness (QED) is 0.576. The number of nitrogen functional groups attached to an aromatic ring is 1. The molecule has 0 bridgehead atoms. The molecule has 0 saturated carbocycles. The molecule has 0 atom stereocenters. The summed E-state index contributed by atoms with van der Waals surface area (Å²) in [7, 11) is 0. The minimum absolute atomic E-state index is 0.300. The van der Waals surface area contributed by atoms with Crippen LogP contribution in [0, 0.1) is 0 Å². The largest absolute Gasteiger partial charge is 0.393 e. The predicted octanol–water partition coefficient (Wildman–Crippen LogP) is 1.92. The molecule has 0 fully saturated rings. The van der Waals surface area contributed by atoms with Gasteiger partial charge in [-0.2, -0.15) is 0 Å². The summed E-state index contributed by atoms with van der Waals surface area (Å²) >= 11 is 5.71. The molecule has 0 radical (unpaired) electrons. The van der Waals surface area contributed by atoms with Gasteiger partial charge in [-0.3, -0.25) is 0 Å². The summed E-state index contributed by atoms with van der Waals surface area (Å²) in [4.78, 5) is 7.74. The van der Waals surface area contributed by atoms with Crippen molar-refractivity contribution in [2.24, 2.45) is 0 Å². The molecule has 4 nitrogen and oxygen atoms in total. The summed E-state index contributed by atoms with van der Waals surface area (Å²) in [6, 6.07) is 0.